The van der Waals surface area contributed by atoms with Crippen LogP contribution in [0, 0.1) is 0 Å². The smallest absolute Gasteiger partial charge is 0.223 e. The molecule has 1 aliphatic heterocycles. The Morgan fingerprint density at radius 1 is 1.08 bits per heavy atom. The van der Waals surface area contributed by atoms with Crippen molar-refractivity contribution in [2.24, 2.45) is 0 Å². The van der Waals surface area contributed by atoms with Gasteiger partial charge in [0.1, 0.15) is 4.90 Å². The van der Waals surface area contributed by atoms with Gasteiger partial charge >= 0.3 is 0 Å². The first-order valence-corrected chi connectivity index (χ1v) is 11.5. The zero-order valence-electron chi connectivity index (χ0n) is 15.1. The zero-order chi connectivity index (χ0) is 17.7. The second-order valence-electron chi connectivity index (χ2n) is 7.44. The fraction of sp³-hybridized carbons (Fsp3) is 0.778. The number of aromatic nitrogens is 2. The summed E-state index contributed by atoms with van der Waals surface area (Å²) in [5.74, 6) is 0.720. The van der Waals surface area contributed by atoms with Crippen LogP contribution in [0.25, 0.3) is 0 Å². The number of piperidine rings is 1. The van der Waals surface area contributed by atoms with Gasteiger partial charge in [-0.25, -0.2) is 18.4 Å². The lowest BCUT2D eigenvalue weighted by Gasteiger charge is -2.25. The summed E-state index contributed by atoms with van der Waals surface area (Å²) in [6.45, 7) is 1.77. The molecule has 0 amide bonds. The van der Waals surface area contributed by atoms with E-state index in [4.69, 9.17) is 0 Å². The Bertz CT molecular complexity index is 664. The molecule has 1 aliphatic carbocycles. The van der Waals surface area contributed by atoms with Crippen LogP contribution < -0.4 is 10.6 Å². The summed E-state index contributed by atoms with van der Waals surface area (Å²) in [7, 11) is -3.32. The Morgan fingerprint density at radius 2 is 1.80 bits per heavy atom. The second-order valence-corrected chi connectivity index (χ2v) is 9.43. The molecule has 2 heterocycles. The Morgan fingerprint density at radius 3 is 2.44 bits per heavy atom. The standard InChI is InChI=1S/C18H30N4O2S/c1-25(23,24)16-13-20-18(21-15-9-5-3-2-4-6-10-15)22-17(16)14-8-7-11-19-12-14/h13-15,19H,2-12H2,1H3,(H,20,21,22). The lowest BCUT2D eigenvalue weighted by Crippen LogP contribution is -2.30. The topological polar surface area (TPSA) is 84.0 Å². The van der Waals surface area contributed by atoms with Gasteiger partial charge in [0.2, 0.25) is 5.95 Å². The summed E-state index contributed by atoms with van der Waals surface area (Å²) in [5.41, 5.74) is 0.679. The van der Waals surface area contributed by atoms with Crippen molar-refractivity contribution < 1.29 is 8.42 Å². The number of rotatable bonds is 4. The molecular weight excluding hydrogens is 336 g/mol. The number of hydrogen-bond acceptors (Lipinski definition) is 6. The molecule has 1 saturated heterocycles. The highest BCUT2D eigenvalue weighted by Gasteiger charge is 2.25. The van der Waals surface area contributed by atoms with E-state index < -0.39 is 9.84 Å². The Hall–Kier alpha value is -1.21. The number of nitrogens with zero attached hydrogens (tertiary/aromatic N) is 2. The first kappa shape index (κ1) is 18.6. The van der Waals surface area contributed by atoms with Gasteiger partial charge in [0.05, 0.1) is 11.9 Å². The summed E-state index contributed by atoms with van der Waals surface area (Å²) in [4.78, 5) is 9.28. The van der Waals surface area contributed by atoms with Crippen LogP contribution in [0.2, 0.25) is 0 Å². The largest absolute Gasteiger partial charge is 0.351 e. The van der Waals surface area contributed by atoms with E-state index in [0.717, 1.165) is 38.8 Å². The van der Waals surface area contributed by atoms with E-state index in [1.165, 1.54) is 44.6 Å². The molecule has 0 spiro atoms. The fourth-order valence-corrected chi connectivity index (χ4v) is 4.74. The Kier molecular flexibility index (Phi) is 6.28. The molecule has 6 nitrogen and oxygen atoms in total. The summed E-state index contributed by atoms with van der Waals surface area (Å²) < 4.78 is 24.3. The van der Waals surface area contributed by atoms with Gasteiger partial charge in [-0.15, -0.1) is 0 Å². The molecular formula is C18H30N4O2S. The molecule has 1 aromatic rings. The molecule has 1 aromatic heterocycles. The highest BCUT2D eigenvalue weighted by atomic mass is 32.2. The third-order valence-corrected chi connectivity index (χ3v) is 6.42. The average Bonchev–Trinajstić information content (AvgIpc) is 2.57. The molecule has 3 rings (SSSR count). The highest BCUT2D eigenvalue weighted by molar-refractivity contribution is 7.90. The van der Waals surface area contributed by atoms with Crippen LogP contribution in [-0.2, 0) is 9.84 Å². The first-order valence-electron chi connectivity index (χ1n) is 9.58. The minimum absolute atomic E-state index is 0.138. The van der Waals surface area contributed by atoms with Crippen molar-refractivity contribution in [3.63, 3.8) is 0 Å². The first-order chi connectivity index (χ1) is 12.0. The number of anilines is 1. The Labute approximate surface area is 151 Å². The number of sulfone groups is 1. The molecule has 0 aromatic carbocycles. The molecule has 2 fully saturated rings. The second kappa shape index (κ2) is 8.45. The lowest BCUT2D eigenvalue weighted by molar-refractivity contribution is 0.446. The van der Waals surface area contributed by atoms with Crippen molar-refractivity contribution in [2.75, 3.05) is 24.7 Å². The quantitative estimate of drug-likeness (QED) is 0.852. The van der Waals surface area contributed by atoms with Gasteiger partial charge in [-0.3, -0.25) is 0 Å². The van der Waals surface area contributed by atoms with E-state index in [9.17, 15) is 8.42 Å². The van der Waals surface area contributed by atoms with E-state index in [1.807, 2.05) is 0 Å². The van der Waals surface area contributed by atoms with Crippen molar-refractivity contribution in [3.8, 4) is 0 Å². The molecule has 2 aliphatic rings. The van der Waals surface area contributed by atoms with Crippen LogP contribution in [0.4, 0.5) is 5.95 Å². The van der Waals surface area contributed by atoms with Gasteiger partial charge in [-0.05, 0) is 32.2 Å². The maximum Gasteiger partial charge on any atom is 0.223 e. The summed E-state index contributed by atoms with van der Waals surface area (Å²) in [6.07, 6.45) is 13.4. The SMILES string of the molecule is CS(=O)(=O)c1cnc(NC2CCCCCCC2)nc1C1CCCNC1. The van der Waals surface area contributed by atoms with E-state index >= 15 is 0 Å². The predicted octanol–water partition coefficient (Wildman–Crippen LogP) is 2.87. The average molecular weight is 367 g/mol. The van der Waals surface area contributed by atoms with Gasteiger partial charge in [0.15, 0.2) is 9.84 Å². The molecule has 1 unspecified atom stereocenters. The van der Waals surface area contributed by atoms with Crippen LogP contribution in [0.15, 0.2) is 11.1 Å². The molecule has 1 atom stereocenters. The van der Waals surface area contributed by atoms with Crippen molar-refractivity contribution in [1.82, 2.24) is 15.3 Å². The van der Waals surface area contributed by atoms with Crippen molar-refractivity contribution in [2.45, 2.75) is 74.6 Å². The number of hydrogen-bond donors (Lipinski definition) is 2. The Balaban J connectivity index is 1.82. The van der Waals surface area contributed by atoms with Crippen molar-refractivity contribution in [1.29, 1.82) is 0 Å². The maximum atomic E-state index is 12.2. The van der Waals surface area contributed by atoms with Crippen LogP contribution in [0.5, 0.6) is 0 Å². The molecule has 1 saturated carbocycles. The minimum atomic E-state index is -3.32. The van der Waals surface area contributed by atoms with Gasteiger partial charge in [-0.2, -0.15) is 0 Å². The van der Waals surface area contributed by atoms with Crippen molar-refractivity contribution >= 4 is 15.8 Å². The van der Waals surface area contributed by atoms with Crippen molar-refractivity contribution in [3.05, 3.63) is 11.9 Å². The molecule has 7 heteroatoms. The highest BCUT2D eigenvalue weighted by Crippen LogP contribution is 2.28. The summed E-state index contributed by atoms with van der Waals surface area (Å²) >= 11 is 0. The van der Waals surface area contributed by atoms with E-state index in [2.05, 4.69) is 20.6 Å². The molecule has 140 valence electrons. The normalized spacial score (nSPS) is 23.6. The predicted molar refractivity (Wildman–Crippen MR) is 99.7 cm³/mol. The minimum Gasteiger partial charge on any atom is -0.351 e. The van der Waals surface area contributed by atoms with Gasteiger partial charge in [0.25, 0.3) is 0 Å². The van der Waals surface area contributed by atoms with Gasteiger partial charge in [-0.1, -0.05) is 32.1 Å². The zero-order valence-corrected chi connectivity index (χ0v) is 15.9. The monoisotopic (exact) mass is 366 g/mol. The summed E-state index contributed by atoms with van der Waals surface area (Å²) in [6, 6.07) is 0.390. The lowest BCUT2D eigenvalue weighted by atomic mass is 9.96. The van der Waals surface area contributed by atoms with Crippen LogP contribution >= 0.6 is 0 Å². The number of nitrogens with one attached hydrogen (secondary N) is 2. The third-order valence-electron chi connectivity index (χ3n) is 5.30. The molecule has 2 N–H and O–H groups in total. The van der Waals surface area contributed by atoms with Crippen LogP contribution in [0.1, 0.15) is 69.4 Å². The van der Waals surface area contributed by atoms with Gasteiger partial charge < -0.3 is 10.6 Å². The van der Waals surface area contributed by atoms with Crippen LogP contribution in [-0.4, -0.2) is 43.8 Å². The molecule has 25 heavy (non-hydrogen) atoms. The van der Waals surface area contributed by atoms with E-state index in [0.29, 0.717) is 17.7 Å². The van der Waals surface area contributed by atoms with E-state index in [1.54, 1.807) is 0 Å². The fourth-order valence-electron chi connectivity index (χ4n) is 3.90. The van der Waals surface area contributed by atoms with E-state index in [-0.39, 0.29) is 10.8 Å². The summed E-state index contributed by atoms with van der Waals surface area (Å²) in [5, 5.41) is 6.82. The van der Waals surface area contributed by atoms with Gasteiger partial charge in [0, 0.05) is 24.8 Å². The van der Waals surface area contributed by atoms with Crippen LogP contribution in [0.3, 0.4) is 0 Å². The molecule has 0 bridgehead atoms. The third kappa shape index (κ3) is 5.14. The maximum absolute atomic E-state index is 12.2. The molecule has 0 radical (unpaired) electrons.